The zero-order valence-corrected chi connectivity index (χ0v) is 15.8. The predicted octanol–water partition coefficient (Wildman–Crippen LogP) is 3.03. The molecular weight excluding hydrogens is 390 g/mol. The van der Waals surface area contributed by atoms with Gasteiger partial charge >= 0.3 is 5.97 Å². The first-order valence-electron chi connectivity index (χ1n) is 8.36. The molecule has 8 nitrogen and oxygen atoms in total. The molecule has 28 heavy (non-hydrogen) atoms. The van der Waals surface area contributed by atoms with Crippen LogP contribution < -0.4 is 24.3 Å². The van der Waals surface area contributed by atoms with Crippen molar-refractivity contribution in [2.45, 2.75) is 6.42 Å². The largest absolute Gasteiger partial charge is 0.497 e. The molecule has 1 aliphatic rings. The molecule has 0 atom stereocenters. The number of anilines is 1. The Morgan fingerprint density at radius 3 is 2.50 bits per heavy atom. The summed E-state index contributed by atoms with van der Waals surface area (Å²) in [6, 6.07) is 10.0. The summed E-state index contributed by atoms with van der Waals surface area (Å²) < 4.78 is 25.8. The van der Waals surface area contributed by atoms with Crippen LogP contribution in [0.2, 0.25) is 5.02 Å². The van der Waals surface area contributed by atoms with Crippen molar-refractivity contribution in [2.24, 2.45) is 0 Å². The van der Waals surface area contributed by atoms with E-state index < -0.39 is 18.5 Å². The summed E-state index contributed by atoms with van der Waals surface area (Å²) in [5.41, 5.74) is 0.342. The van der Waals surface area contributed by atoms with Crippen LogP contribution in [0.3, 0.4) is 0 Å². The highest BCUT2D eigenvalue weighted by Gasteiger charge is 2.18. The molecule has 0 aliphatic carbocycles. The lowest BCUT2D eigenvalue weighted by Gasteiger charge is -2.09. The van der Waals surface area contributed by atoms with Gasteiger partial charge in [-0.2, -0.15) is 0 Å². The Balaban J connectivity index is 1.39. The van der Waals surface area contributed by atoms with E-state index >= 15 is 0 Å². The van der Waals surface area contributed by atoms with Crippen molar-refractivity contribution in [1.82, 2.24) is 0 Å². The van der Waals surface area contributed by atoms with Gasteiger partial charge in [-0.15, -0.1) is 0 Å². The third kappa shape index (κ3) is 5.20. The predicted molar refractivity (Wildman–Crippen MR) is 100 cm³/mol. The van der Waals surface area contributed by atoms with Gasteiger partial charge in [-0.05, 0) is 24.3 Å². The van der Waals surface area contributed by atoms with E-state index in [1.165, 1.54) is 0 Å². The number of amides is 1. The monoisotopic (exact) mass is 407 g/mol. The van der Waals surface area contributed by atoms with Gasteiger partial charge < -0.3 is 29.0 Å². The van der Waals surface area contributed by atoms with Crippen LogP contribution in [0.5, 0.6) is 23.0 Å². The summed E-state index contributed by atoms with van der Waals surface area (Å²) in [6.07, 6.45) is 0.00406. The molecule has 0 bridgehead atoms. The van der Waals surface area contributed by atoms with Crippen molar-refractivity contribution in [3.05, 3.63) is 41.4 Å². The average molecular weight is 408 g/mol. The first-order valence-corrected chi connectivity index (χ1v) is 8.74. The molecule has 0 fully saturated rings. The van der Waals surface area contributed by atoms with Crippen LogP contribution in [-0.4, -0.2) is 39.0 Å². The smallest absolute Gasteiger partial charge is 0.309 e. The Morgan fingerprint density at radius 1 is 1.11 bits per heavy atom. The lowest BCUT2D eigenvalue weighted by Crippen LogP contribution is -2.21. The molecule has 2 aromatic carbocycles. The minimum absolute atomic E-state index is 0.00406. The van der Waals surface area contributed by atoms with Gasteiger partial charge in [-0.25, -0.2) is 0 Å². The number of rotatable bonds is 8. The molecule has 1 amide bonds. The number of esters is 1. The highest BCUT2D eigenvalue weighted by molar-refractivity contribution is 6.34. The van der Waals surface area contributed by atoms with Crippen LogP contribution in [0, 0.1) is 0 Å². The average Bonchev–Trinajstić information content (AvgIpc) is 3.14. The number of benzene rings is 2. The molecule has 148 valence electrons. The summed E-state index contributed by atoms with van der Waals surface area (Å²) in [5, 5.41) is 2.85. The molecule has 0 saturated carbocycles. The van der Waals surface area contributed by atoms with Gasteiger partial charge in [-0.3, -0.25) is 9.59 Å². The number of hydrogen-bond donors (Lipinski definition) is 1. The summed E-state index contributed by atoms with van der Waals surface area (Å²) in [4.78, 5) is 23.7. The van der Waals surface area contributed by atoms with E-state index in [-0.39, 0.29) is 24.8 Å². The summed E-state index contributed by atoms with van der Waals surface area (Å²) >= 11 is 6.08. The van der Waals surface area contributed by atoms with E-state index in [0.29, 0.717) is 28.7 Å². The second-order valence-electron chi connectivity index (χ2n) is 5.67. The number of halogens is 1. The van der Waals surface area contributed by atoms with Crippen LogP contribution in [0.4, 0.5) is 5.69 Å². The first kappa shape index (κ1) is 19.6. The summed E-state index contributed by atoms with van der Waals surface area (Å²) in [6.45, 7) is -0.216. The fourth-order valence-corrected chi connectivity index (χ4v) is 2.54. The molecule has 1 aliphatic heterocycles. The molecule has 1 heterocycles. The van der Waals surface area contributed by atoms with Gasteiger partial charge in [-0.1, -0.05) is 11.6 Å². The van der Waals surface area contributed by atoms with E-state index in [1.807, 2.05) is 0 Å². The van der Waals surface area contributed by atoms with Crippen LogP contribution in [-0.2, 0) is 14.3 Å². The molecule has 0 aromatic heterocycles. The molecule has 0 saturated heterocycles. The second-order valence-corrected chi connectivity index (χ2v) is 6.08. The molecule has 2 aromatic rings. The zero-order valence-electron chi connectivity index (χ0n) is 15.0. The maximum Gasteiger partial charge on any atom is 0.309 e. The Bertz CT molecular complexity index is 854. The quantitative estimate of drug-likeness (QED) is 0.672. The molecule has 0 radical (unpaired) electrons. The Labute approximate surface area is 166 Å². The number of ether oxygens (including phenoxy) is 5. The maximum atomic E-state index is 12.0. The highest BCUT2D eigenvalue weighted by atomic mass is 35.5. The fraction of sp³-hybridized carbons (Fsp3) is 0.263. The Kier molecular flexibility index (Phi) is 6.44. The molecular formula is C19H18ClNO7. The number of nitrogens with one attached hydrogen (secondary N) is 1. The van der Waals surface area contributed by atoms with Crippen LogP contribution in [0.1, 0.15) is 6.42 Å². The highest BCUT2D eigenvalue weighted by Crippen LogP contribution is 2.39. The summed E-state index contributed by atoms with van der Waals surface area (Å²) in [5.74, 6) is 1.22. The van der Waals surface area contributed by atoms with E-state index in [1.54, 1.807) is 43.5 Å². The SMILES string of the molecule is COc1ccc(OCCC(=O)OCC(=O)Nc2cc3c(cc2Cl)OCO3)cc1. The van der Waals surface area contributed by atoms with Crippen molar-refractivity contribution in [2.75, 3.05) is 32.4 Å². The van der Waals surface area contributed by atoms with Crippen molar-refractivity contribution >= 4 is 29.2 Å². The van der Waals surface area contributed by atoms with E-state index in [9.17, 15) is 9.59 Å². The topological polar surface area (TPSA) is 92.3 Å². The summed E-state index contributed by atoms with van der Waals surface area (Å²) in [7, 11) is 1.57. The number of fused-ring (bicyclic) bond motifs is 1. The van der Waals surface area contributed by atoms with E-state index in [2.05, 4.69) is 5.32 Å². The Morgan fingerprint density at radius 2 is 1.79 bits per heavy atom. The molecule has 9 heteroatoms. The van der Waals surface area contributed by atoms with Crippen LogP contribution >= 0.6 is 11.6 Å². The fourth-order valence-electron chi connectivity index (χ4n) is 2.34. The van der Waals surface area contributed by atoms with Crippen molar-refractivity contribution in [3.8, 4) is 23.0 Å². The van der Waals surface area contributed by atoms with Gasteiger partial charge in [0.15, 0.2) is 18.1 Å². The van der Waals surface area contributed by atoms with Crippen molar-refractivity contribution < 1.29 is 33.3 Å². The van der Waals surface area contributed by atoms with Gasteiger partial charge in [0.1, 0.15) is 11.5 Å². The normalized spacial score (nSPS) is 11.6. The molecule has 3 rings (SSSR count). The molecule has 0 spiro atoms. The maximum absolute atomic E-state index is 12.0. The molecule has 1 N–H and O–H groups in total. The van der Waals surface area contributed by atoms with E-state index in [4.69, 9.17) is 35.3 Å². The van der Waals surface area contributed by atoms with Crippen molar-refractivity contribution in [3.63, 3.8) is 0 Å². The van der Waals surface area contributed by atoms with Gasteiger partial charge in [0, 0.05) is 12.1 Å². The standard InChI is InChI=1S/C19H18ClNO7/c1-24-12-2-4-13(5-3-12)25-7-6-19(23)26-10-18(22)21-15-9-17-16(8-14(15)20)27-11-28-17/h2-5,8-9H,6-7,10-11H2,1H3,(H,21,22). The zero-order chi connectivity index (χ0) is 19.9. The molecule has 0 unspecified atom stereocenters. The third-order valence-corrected chi connectivity index (χ3v) is 4.05. The lowest BCUT2D eigenvalue weighted by molar-refractivity contribution is -0.147. The van der Waals surface area contributed by atoms with Crippen molar-refractivity contribution in [1.29, 1.82) is 0 Å². The van der Waals surface area contributed by atoms with Crippen LogP contribution in [0.15, 0.2) is 36.4 Å². The third-order valence-electron chi connectivity index (χ3n) is 3.73. The second kappa shape index (κ2) is 9.18. The van der Waals surface area contributed by atoms with Gasteiger partial charge in [0.25, 0.3) is 5.91 Å². The minimum Gasteiger partial charge on any atom is -0.497 e. The number of carbonyl (C=O) groups excluding carboxylic acids is 2. The number of hydrogen-bond acceptors (Lipinski definition) is 7. The Hall–Kier alpha value is -3.13. The number of carbonyl (C=O) groups is 2. The van der Waals surface area contributed by atoms with E-state index in [0.717, 1.165) is 0 Å². The van der Waals surface area contributed by atoms with Gasteiger partial charge in [0.2, 0.25) is 6.79 Å². The van der Waals surface area contributed by atoms with Crippen LogP contribution in [0.25, 0.3) is 0 Å². The minimum atomic E-state index is -0.555. The van der Waals surface area contributed by atoms with Gasteiger partial charge in [0.05, 0.1) is 30.8 Å². The number of methoxy groups -OCH3 is 1. The first-order chi connectivity index (χ1) is 13.5. The lowest BCUT2D eigenvalue weighted by atomic mass is 10.2.